The topological polar surface area (TPSA) is 9.23 Å². The molecule has 1 nitrogen and oxygen atoms in total. The second-order valence-electron chi connectivity index (χ2n) is 2.92. The van der Waals surface area contributed by atoms with Gasteiger partial charge in [0.1, 0.15) is 10.5 Å². The highest BCUT2D eigenvalue weighted by Gasteiger charge is 2.23. The molecule has 0 amide bonds. The summed E-state index contributed by atoms with van der Waals surface area (Å²) in [6, 6.07) is 0. The molecule has 0 radical (unpaired) electrons. The molecule has 0 aliphatic carbocycles. The van der Waals surface area contributed by atoms with E-state index in [0.29, 0.717) is 0 Å². The van der Waals surface area contributed by atoms with Crippen molar-refractivity contribution in [1.82, 2.24) is 0 Å². The summed E-state index contributed by atoms with van der Waals surface area (Å²) in [6.45, 7) is 4.42. The predicted octanol–water partition coefficient (Wildman–Crippen LogP) is 1.55. The maximum absolute atomic E-state index is 5.64. The summed E-state index contributed by atoms with van der Waals surface area (Å²) < 4.78 is 5.64. The van der Waals surface area contributed by atoms with Crippen molar-refractivity contribution in [1.29, 1.82) is 0 Å². The molecule has 0 aromatic carbocycles. The van der Waals surface area contributed by atoms with E-state index in [9.17, 15) is 0 Å². The molecule has 0 fully saturated rings. The van der Waals surface area contributed by atoms with E-state index in [1.54, 1.807) is 0 Å². The number of hydrogen-bond donors (Lipinski definition) is 1. The van der Waals surface area contributed by atoms with Crippen LogP contribution in [-0.2, 0) is 4.43 Å². The minimum Gasteiger partial charge on any atom is -0.422 e. The van der Waals surface area contributed by atoms with Crippen LogP contribution < -0.4 is 0 Å². The first-order chi connectivity index (χ1) is 5.24. The molecule has 0 spiro atoms. The molecule has 0 atom stereocenters. The molecule has 11 heavy (non-hydrogen) atoms. The standard InChI is InChI=1S/C8H20OSSi/c1-3-8(4-2,9-11)6-5-7-10/h10H,3-7H2,1-2,11H3. The Bertz CT molecular complexity index is 85.8. The third-order valence-electron chi connectivity index (χ3n) is 2.51. The average molecular weight is 192 g/mol. The summed E-state index contributed by atoms with van der Waals surface area (Å²) in [5.41, 5.74) is 0.189. The Kier molecular flexibility index (Phi) is 6.38. The van der Waals surface area contributed by atoms with Gasteiger partial charge in [-0.3, -0.25) is 0 Å². The van der Waals surface area contributed by atoms with E-state index < -0.39 is 0 Å². The number of rotatable bonds is 6. The highest BCUT2D eigenvalue weighted by Crippen LogP contribution is 2.25. The molecule has 0 aliphatic rings. The van der Waals surface area contributed by atoms with Crippen molar-refractivity contribution in [2.75, 3.05) is 5.75 Å². The van der Waals surface area contributed by atoms with Gasteiger partial charge in [-0.25, -0.2) is 0 Å². The molecule has 3 heteroatoms. The first-order valence-electron chi connectivity index (χ1n) is 4.40. The molecule has 0 saturated heterocycles. The van der Waals surface area contributed by atoms with Gasteiger partial charge in [-0.05, 0) is 31.4 Å². The molecule has 0 rings (SSSR count). The Labute approximate surface area is 78.9 Å². The minimum atomic E-state index is 0.189. The van der Waals surface area contributed by atoms with E-state index in [0.717, 1.165) is 29.1 Å². The Hall–Kier alpha value is 0.527. The van der Waals surface area contributed by atoms with Gasteiger partial charge in [-0.1, -0.05) is 13.8 Å². The first-order valence-corrected chi connectivity index (χ1v) is 5.85. The van der Waals surface area contributed by atoms with E-state index in [1.807, 2.05) is 0 Å². The molecule has 0 bridgehead atoms. The lowest BCUT2D eigenvalue weighted by atomic mass is 9.92. The van der Waals surface area contributed by atoms with Crippen molar-refractivity contribution in [3.8, 4) is 0 Å². The van der Waals surface area contributed by atoms with Crippen LogP contribution in [0.15, 0.2) is 0 Å². The largest absolute Gasteiger partial charge is 0.422 e. The van der Waals surface area contributed by atoms with Gasteiger partial charge >= 0.3 is 0 Å². The molecule has 0 unspecified atom stereocenters. The van der Waals surface area contributed by atoms with Crippen molar-refractivity contribution < 1.29 is 4.43 Å². The van der Waals surface area contributed by atoms with Crippen LogP contribution in [0.3, 0.4) is 0 Å². The Balaban J connectivity index is 3.84. The van der Waals surface area contributed by atoms with Crippen molar-refractivity contribution >= 4 is 23.1 Å². The minimum absolute atomic E-state index is 0.189. The normalized spacial score (nSPS) is 12.3. The lowest BCUT2D eigenvalue weighted by Crippen LogP contribution is -2.30. The zero-order valence-electron chi connectivity index (χ0n) is 7.89. The molecule has 0 saturated carbocycles. The summed E-state index contributed by atoms with van der Waals surface area (Å²) in [5.74, 6) is 0.979. The molecule has 0 aromatic rings. The van der Waals surface area contributed by atoms with Crippen LogP contribution in [0.2, 0.25) is 0 Å². The molecule has 0 heterocycles. The second-order valence-corrected chi connectivity index (χ2v) is 3.78. The van der Waals surface area contributed by atoms with Crippen molar-refractivity contribution in [2.45, 2.75) is 45.1 Å². The van der Waals surface area contributed by atoms with Gasteiger partial charge in [0.25, 0.3) is 0 Å². The number of hydrogen-bond acceptors (Lipinski definition) is 2. The van der Waals surface area contributed by atoms with Crippen molar-refractivity contribution in [3.63, 3.8) is 0 Å². The highest BCUT2D eigenvalue weighted by molar-refractivity contribution is 7.80. The molecular formula is C8H20OSSi. The van der Waals surface area contributed by atoms with E-state index in [1.165, 1.54) is 12.8 Å². The van der Waals surface area contributed by atoms with Crippen LogP contribution in [-0.4, -0.2) is 21.8 Å². The van der Waals surface area contributed by atoms with Crippen LogP contribution in [0, 0.1) is 0 Å². The molecule has 68 valence electrons. The molecule has 0 N–H and O–H groups in total. The third-order valence-corrected chi connectivity index (χ3v) is 3.69. The highest BCUT2D eigenvalue weighted by atomic mass is 32.1. The zero-order valence-corrected chi connectivity index (χ0v) is 10.8. The van der Waals surface area contributed by atoms with E-state index >= 15 is 0 Å². The lowest BCUT2D eigenvalue weighted by molar-refractivity contribution is 0.0609. The summed E-state index contributed by atoms with van der Waals surface area (Å²) in [4.78, 5) is 0. The molecular weight excluding hydrogens is 172 g/mol. The Morgan fingerprint density at radius 3 is 2.18 bits per heavy atom. The summed E-state index contributed by atoms with van der Waals surface area (Å²) >= 11 is 4.20. The number of thiol groups is 1. The van der Waals surface area contributed by atoms with E-state index in [-0.39, 0.29) is 5.60 Å². The van der Waals surface area contributed by atoms with Crippen LogP contribution in [0.4, 0.5) is 0 Å². The molecule has 0 aromatic heterocycles. The van der Waals surface area contributed by atoms with Gasteiger partial charge in [0.15, 0.2) is 0 Å². The smallest absolute Gasteiger partial charge is 0.146 e. The van der Waals surface area contributed by atoms with Gasteiger partial charge in [0.2, 0.25) is 0 Å². The van der Waals surface area contributed by atoms with Gasteiger partial charge < -0.3 is 4.43 Å². The van der Waals surface area contributed by atoms with Gasteiger partial charge in [0.05, 0.1) is 5.60 Å². The average Bonchev–Trinajstić information content (AvgIpc) is 2.08. The zero-order chi connectivity index (χ0) is 8.74. The quantitative estimate of drug-likeness (QED) is 0.496. The Morgan fingerprint density at radius 1 is 1.36 bits per heavy atom. The van der Waals surface area contributed by atoms with Crippen LogP contribution in [0.1, 0.15) is 39.5 Å². The maximum atomic E-state index is 5.64. The Morgan fingerprint density at radius 2 is 1.91 bits per heavy atom. The van der Waals surface area contributed by atoms with E-state index in [2.05, 4.69) is 26.5 Å². The predicted molar refractivity (Wildman–Crippen MR) is 57.4 cm³/mol. The second kappa shape index (κ2) is 6.09. The third kappa shape index (κ3) is 3.63. The van der Waals surface area contributed by atoms with Crippen LogP contribution >= 0.6 is 12.6 Å². The SMILES string of the molecule is CCC(CC)(CCCS)O[SiH3]. The summed E-state index contributed by atoms with van der Waals surface area (Å²) in [5, 5.41) is 0. The van der Waals surface area contributed by atoms with E-state index in [4.69, 9.17) is 4.43 Å². The fourth-order valence-electron chi connectivity index (χ4n) is 1.40. The first kappa shape index (κ1) is 11.5. The lowest BCUT2D eigenvalue weighted by Gasteiger charge is -2.30. The van der Waals surface area contributed by atoms with Gasteiger partial charge in [0, 0.05) is 0 Å². The van der Waals surface area contributed by atoms with Crippen molar-refractivity contribution in [3.05, 3.63) is 0 Å². The summed E-state index contributed by atoms with van der Waals surface area (Å²) in [6.07, 6.45) is 4.63. The van der Waals surface area contributed by atoms with Crippen molar-refractivity contribution in [2.24, 2.45) is 0 Å². The van der Waals surface area contributed by atoms with Crippen LogP contribution in [0.25, 0.3) is 0 Å². The fourth-order valence-corrected chi connectivity index (χ4v) is 2.34. The maximum Gasteiger partial charge on any atom is 0.146 e. The monoisotopic (exact) mass is 192 g/mol. The molecule has 0 aliphatic heterocycles. The summed E-state index contributed by atoms with van der Waals surface area (Å²) in [7, 11) is 0.857. The fraction of sp³-hybridized carbons (Fsp3) is 1.00. The van der Waals surface area contributed by atoms with Crippen LogP contribution in [0.5, 0.6) is 0 Å². The van der Waals surface area contributed by atoms with Gasteiger partial charge in [-0.15, -0.1) is 0 Å². The van der Waals surface area contributed by atoms with Gasteiger partial charge in [-0.2, -0.15) is 12.6 Å².